The highest BCUT2D eigenvalue weighted by molar-refractivity contribution is 9.10. The van der Waals surface area contributed by atoms with Crippen LogP contribution in [0, 0.1) is 6.92 Å². The number of nitrogen functional groups attached to an aromatic ring is 1. The molecule has 0 aliphatic rings. The molecule has 0 bridgehead atoms. The highest BCUT2D eigenvalue weighted by atomic mass is 79.9. The molecule has 2 aromatic rings. The Labute approximate surface area is 114 Å². The van der Waals surface area contributed by atoms with E-state index in [9.17, 15) is 0 Å². The van der Waals surface area contributed by atoms with E-state index >= 15 is 0 Å². The summed E-state index contributed by atoms with van der Waals surface area (Å²) in [6, 6.07) is 9.68. The summed E-state index contributed by atoms with van der Waals surface area (Å²) < 4.78 is 6.81. The van der Waals surface area contributed by atoms with Crippen molar-refractivity contribution in [3.05, 3.63) is 52.1 Å². The summed E-state index contributed by atoms with van der Waals surface area (Å²) in [6.07, 6.45) is 1.70. The molecule has 0 saturated carbocycles. The van der Waals surface area contributed by atoms with Crippen molar-refractivity contribution in [2.45, 2.75) is 13.5 Å². The molecule has 5 heteroatoms. The van der Waals surface area contributed by atoms with Crippen LogP contribution in [0.25, 0.3) is 0 Å². The smallest absolute Gasteiger partial charge is 0.140 e. The standard InChI is InChI=1S/C13H14BrN3O/c1-9-6-11(14)2-3-12(9)18-8-10-4-5-16-13(7-10)17-15/h2-7H,8,15H2,1H3,(H,16,17). The number of hydrogen-bond donors (Lipinski definition) is 2. The number of hydrazine groups is 1. The predicted molar refractivity (Wildman–Crippen MR) is 75.3 cm³/mol. The number of benzene rings is 1. The van der Waals surface area contributed by atoms with Crippen LogP contribution < -0.4 is 16.0 Å². The lowest BCUT2D eigenvalue weighted by atomic mass is 10.2. The first kappa shape index (κ1) is 12.9. The van der Waals surface area contributed by atoms with E-state index in [0.717, 1.165) is 21.3 Å². The van der Waals surface area contributed by atoms with E-state index in [0.29, 0.717) is 12.4 Å². The van der Waals surface area contributed by atoms with Crippen molar-refractivity contribution in [1.82, 2.24) is 4.98 Å². The molecule has 1 aromatic heterocycles. The van der Waals surface area contributed by atoms with Gasteiger partial charge in [-0.15, -0.1) is 0 Å². The maximum atomic E-state index is 5.76. The Morgan fingerprint density at radius 1 is 1.33 bits per heavy atom. The number of aryl methyl sites for hydroxylation is 1. The summed E-state index contributed by atoms with van der Waals surface area (Å²) >= 11 is 3.43. The Morgan fingerprint density at radius 3 is 2.89 bits per heavy atom. The van der Waals surface area contributed by atoms with Crippen LogP contribution >= 0.6 is 15.9 Å². The van der Waals surface area contributed by atoms with E-state index in [2.05, 4.69) is 26.3 Å². The lowest BCUT2D eigenvalue weighted by molar-refractivity contribution is 0.304. The average Bonchev–Trinajstić information content (AvgIpc) is 2.38. The minimum atomic E-state index is 0.486. The Kier molecular flexibility index (Phi) is 4.17. The third-order valence-electron chi connectivity index (χ3n) is 2.50. The van der Waals surface area contributed by atoms with Crippen LogP contribution in [-0.4, -0.2) is 4.98 Å². The van der Waals surface area contributed by atoms with Crippen molar-refractivity contribution in [3.63, 3.8) is 0 Å². The van der Waals surface area contributed by atoms with Crippen LogP contribution in [0.15, 0.2) is 41.0 Å². The molecule has 18 heavy (non-hydrogen) atoms. The summed E-state index contributed by atoms with van der Waals surface area (Å²) in [4.78, 5) is 4.04. The van der Waals surface area contributed by atoms with Gasteiger partial charge in [-0.2, -0.15) is 0 Å². The van der Waals surface area contributed by atoms with E-state index < -0.39 is 0 Å². The molecule has 1 heterocycles. The Bertz CT molecular complexity index is 546. The zero-order chi connectivity index (χ0) is 13.0. The van der Waals surface area contributed by atoms with Crippen molar-refractivity contribution in [2.24, 2.45) is 5.84 Å². The van der Waals surface area contributed by atoms with Crippen molar-refractivity contribution in [2.75, 3.05) is 5.43 Å². The van der Waals surface area contributed by atoms with Crippen LogP contribution in [0.5, 0.6) is 5.75 Å². The summed E-state index contributed by atoms with van der Waals surface area (Å²) in [5.41, 5.74) is 4.62. The number of anilines is 1. The number of nitrogens with zero attached hydrogens (tertiary/aromatic N) is 1. The molecule has 0 spiro atoms. The van der Waals surface area contributed by atoms with Gasteiger partial charge in [0.25, 0.3) is 0 Å². The zero-order valence-electron chi connectivity index (χ0n) is 9.98. The number of ether oxygens (including phenoxy) is 1. The third-order valence-corrected chi connectivity index (χ3v) is 3.00. The van der Waals surface area contributed by atoms with Gasteiger partial charge in [-0.1, -0.05) is 15.9 Å². The van der Waals surface area contributed by atoms with E-state index in [1.165, 1.54) is 0 Å². The van der Waals surface area contributed by atoms with Gasteiger partial charge in [-0.25, -0.2) is 10.8 Å². The second kappa shape index (κ2) is 5.84. The van der Waals surface area contributed by atoms with E-state index in [-0.39, 0.29) is 0 Å². The molecule has 0 fully saturated rings. The predicted octanol–water partition coefficient (Wildman–Crippen LogP) is 3.02. The summed E-state index contributed by atoms with van der Waals surface area (Å²) in [5, 5.41) is 0. The number of nitrogens with two attached hydrogens (primary N) is 1. The van der Waals surface area contributed by atoms with Gasteiger partial charge in [0, 0.05) is 10.7 Å². The molecule has 0 unspecified atom stereocenters. The molecule has 94 valence electrons. The normalized spacial score (nSPS) is 10.2. The number of aromatic nitrogens is 1. The summed E-state index contributed by atoms with van der Waals surface area (Å²) in [5.74, 6) is 6.81. The molecule has 3 N–H and O–H groups in total. The number of hydrogen-bond acceptors (Lipinski definition) is 4. The number of halogens is 1. The number of rotatable bonds is 4. The van der Waals surface area contributed by atoms with E-state index in [4.69, 9.17) is 10.6 Å². The highest BCUT2D eigenvalue weighted by Gasteiger charge is 2.01. The Morgan fingerprint density at radius 2 is 2.17 bits per heavy atom. The first-order chi connectivity index (χ1) is 8.69. The van der Waals surface area contributed by atoms with Crippen molar-refractivity contribution >= 4 is 21.7 Å². The van der Waals surface area contributed by atoms with Gasteiger partial charge >= 0.3 is 0 Å². The molecule has 0 aliphatic heterocycles. The lowest BCUT2D eigenvalue weighted by Crippen LogP contribution is -2.09. The second-order valence-corrected chi connectivity index (χ2v) is 4.81. The topological polar surface area (TPSA) is 60.2 Å². The lowest BCUT2D eigenvalue weighted by Gasteiger charge is -2.10. The minimum Gasteiger partial charge on any atom is -0.489 e. The Balaban J connectivity index is 2.06. The van der Waals surface area contributed by atoms with Crippen LogP contribution in [0.4, 0.5) is 5.82 Å². The fourth-order valence-corrected chi connectivity index (χ4v) is 2.05. The van der Waals surface area contributed by atoms with Gasteiger partial charge in [0.15, 0.2) is 0 Å². The zero-order valence-corrected chi connectivity index (χ0v) is 11.6. The third kappa shape index (κ3) is 3.21. The van der Waals surface area contributed by atoms with Gasteiger partial charge in [0.2, 0.25) is 0 Å². The van der Waals surface area contributed by atoms with Gasteiger partial charge in [-0.3, -0.25) is 0 Å². The number of nitrogens with one attached hydrogen (secondary N) is 1. The molecule has 2 rings (SSSR count). The molecule has 0 saturated heterocycles. The maximum absolute atomic E-state index is 5.76. The summed E-state index contributed by atoms with van der Waals surface area (Å²) in [6.45, 7) is 2.50. The van der Waals surface area contributed by atoms with E-state index in [1.807, 2.05) is 37.3 Å². The molecular formula is C13H14BrN3O. The first-order valence-corrected chi connectivity index (χ1v) is 6.29. The fourth-order valence-electron chi connectivity index (χ4n) is 1.58. The molecule has 0 atom stereocenters. The molecular weight excluding hydrogens is 294 g/mol. The molecule has 0 radical (unpaired) electrons. The summed E-state index contributed by atoms with van der Waals surface area (Å²) in [7, 11) is 0. The second-order valence-electron chi connectivity index (χ2n) is 3.89. The first-order valence-electron chi connectivity index (χ1n) is 5.49. The maximum Gasteiger partial charge on any atom is 0.140 e. The van der Waals surface area contributed by atoms with Crippen LogP contribution in [0.1, 0.15) is 11.1 Å². The van der Waals surface area contributed by atoms with Crippen LogP contribution in [0.2, 0.25) is 0 Å². The molecule has 0 aliphatic carbocycles. The van der Waals surface area contributed by atoms with Gasteiger partial charge in [0.05, 0.1) is 0 Å². The van der Waals surface area contributed by atoms with Gasteiger partial charge in [-0.05, 0) is 48.4 Å². The quantitative estimate of drug-likeness (QED) is 0.673. The Hall–Kier alpha value is -1.59. The minimum absolute atomic E-state index is 0.486. The van der Waals surface area contributed by atoms with Crippen molar-refractivity contribution < 1.29 is 4.74 Å². The van der Waals surface area contributed by atoms with Gasteiger partial charge in [0.1, 0.15) is 18.2 Å². The molecule has 0 amide bonds. The highest BCUT2D eigenvalue weighted by Crippen LogP contribution is 2.23. The van der Waals surface area contributed by atoms with Gasteiger partial charge < -0.3 is 10.2 Å². The van der Waals surface area contributed by atoms with E-state index in [1.54, 1.807) is 6.20 Å². The average molecular weight is 308 g/mol. The monoisotopic (exact) mass is 307 g/mol. The molecule has 4 nitrogen and oxygen atoms in total. The van der Waals surface area contributed by atoms with Crippen LogP contribution in [0.3, 0.4) is 0 Å². The van der Waals surface area contributed by atoms with Crippen molar-refractivity contribution in [1.29, 1.82) is 0 Å². The molecule has 1 aromatic carbocycles. The fraction of sp³-hybridized carbons (Fsp3) is 0.154. The SMILES string of the molecule is Cc1cc(Br)ccc1OCc1ccnc(NN)c1. The van der Waals surface area contributed by atoms with Crippen molar-refractivity contribution in [3.8, 4) is 5.75 Å². The van der Waals surface area contributed by atoms with Crippen LogP contribution in [-0.2, 0) is 6.61 Å². The largest absolute Gasteiger partial charge is 0.489 e. The number of pyridine rings is 1.